The molecule has 6 nitrogen and oxygen atoms in total. The molecule has 1 aromatic carbocycles. The smallest absolute Gasteiger partial charge is 0.230 e. The van der Waals surface area contributed by atoms with Gasteiger partial charge in [-0.3, -0.25) is 4.79 Å². The van der Waals surface area contributed by atoms with Crippen molar-refractivity contribution >= 4 is 22.6 Å². The molecule has 0 aliphatic heterocycles. The maximum atomic E-state index is 12.4. The van der Waals surface area contributed by atoms with Crippen molar-refractivity contribution in [3.63, 3.8) is 0 Å². The number of benzene rings is 1. The number of aryl methyl sites for hydroxylation is 2. The number of pyridine rings is 1. The maximum Gasteiger partial charge on any atom is 0.230 e. The van der Waals surface area contributed by atoms with E-state index >= 15 is 0 Å². The fourth-order valence-electron chi connectivity index (χ4n) is 2.71. The summed E-state index contributed by atoms with van der Waals surface area (Å²) in [5, 5.41) is 8.50. The molecule has 0 saturated heterocycles. The zero-order valence-corrected chi connectivity index (χ0v) is 16.0. The second-order valence-corrected chi connectivity index (χ2v) is 7.44. The number of anilines is 1. The van der Waals surface area contributed by atoms with Crippen LogP contribution in [0.5, 0.6) is 5.75 Å². The van der Waals surface area contributed by atoms with Crippen molar-refractivity contribution in [1.82, 2.24) is 14.8 Å². The second-order valence-electron chi connectivity index (χ2n) is 7.44. The van der Waals surface area contributed by atoms with E-state index in [9.17, 15) is 4.79 Å². The number of carbonyl (C=O) groups excluding carboxylic acids is 1. The largest absolute Gasteiger partial charge is 0.494 e. The van der Waals surface area contributed by atoms with Crippen molar-refractivity contribution in [2.45, 2.75) is 34.6 Å². The molecule has 0 aliphatic carbocycles. The molecule has 2 aromatic heterocycles. The number of para-hydroxylation sites is 1. The molecule has 2 heterocycles. The Morgan fingerprint density at radius 3 is 2.58 bits per heavy atom. The molecule has 0 atom stereocenters. The van der Waals surface area contributed by atoms with Gasteiger partial charge >= 0.3 is 0 Å². The minimum absolute atomic E-state index is 0.0752. The van der Waals surface area contributed by atoms with Crippen molar-refractivity contribution < 1.29 is 9.53 Å². The number of hydrogen-bond donors (Lipinski definition) is 1. The van der Waals surface area contributed by atoms with Crippen LogP contribution in [0.25, 0.3) is 16.7 Å². The van der Waals surface area contributed by atoms with E-state index in [0.717, 1.165) is 22.2 Å². The lowest BCUT2D eigenvalue weighted by atomic mass is 9.96. The fourth-order valence-corrected chi connectivity index (χ4v) is 2.71. The summed E-state index contributed by atoms with van der Waals surface area (Å²) < 4.78 is 7.12. The molecular weight excluding hydrogens is 328 g/mol. The van der Waals surface area contributed by atoms with Crippen molar-refractivity contribution in [2.75, 3.05) is 12.4 Å². The Bertz CT molecular complexity index is 983. The zero-order valence-electron chi connectivity index (χ0n) is 16.0. The number of nitrogens with zero attached hydrogens (tertiary/aromatic N) is 3. The minimum atomic E-state index is -0.501. The van der Waals surface area contributed by atoms with Gasteiger partial charge < -0.3 is 10.1 Å². The number of carbonyl (C=O) groups is 1. The Morgan fingerprint density at radius 1 is 1.19 bits per heavy atom. The van der Waals surface area contributed by atoms with E-state index < -0.39 is 5.41 Å². The SMILES string of the molecule is COc1cccc2c(C)cc(-n3nc(C)cc3NC(=O)C(C)(C)C)nc12. The molecule has 0 aliphatic rings. The molecule has 1 N–H and O–H groups in total. The molecule has 6 heteroatoms. The van der Waals surface area contributed by atoms with E-state index in [4.69, 9.17) is 9.72 Å². The second kappa shape index (κ2) is 6.44. The molecule has 0 bridgehead atoms. The first-order valence-electron chi connectivity index (χ1n) is 8.53. The Morgan fingerprint density at radius 2 is 1.92 bits per heavy atom. The van der Waals surface area contributed by atoms with Gasteiger partial charge in [-0.25, -0.2) is 4.98 Å². The van der Waals surface area contributed by atoms with Gasteiger partial charge in [0.15, 0.2) is 5.82 Å². The van der Waals surface area contributed by atoms with Crippen LogP contribution in [0.2, 0.25) is 0 Å². The Labute approximate surface area is 153 Å². The van der Waals surface area contributed by atoms with E-state index in [0.29, 0.717) is 17.4 Å². The van der Waals surface area contributed by atoms with Gasteiger partial charge in [0.1, 0.15) is 17.1 Å². The summed E-state index contributed by atoms with van der Waals surface area (Å²) in [5.41, 5.74) is 2.13. The quantitative estimate of drug-likeness (QED) is 0.773. The lowest BCUT2D eigenvalue weighted by molar-refractivity contribution is -0.123. The van der Waals surface area contributed by atoms with Crippen LogP contribution < -0.4 is 10.1 Å². The van der Waals surface area contributed by atoms with Gasteiger partial charge in [0, 0.05) is 16.9 Å². The van der Waals surface area contributed by atoms with Crippen LogP contribution >= 0.6 is 0 Å². The molecule has 26 heavy (non-hydrogen) atoms. The van der Waals surface area contributed by atoms with E-state index in [1.165, 1.54) is 0 Å². The van der Waals surface area contributed by atoms with Crippen molar-refractivity contribution in [1.29, 1.82) is 0 Å². The molecular formula is C20H24N4O2. The van der Waals surface area contributed by atoms with E-state index in [-0.39, 0.29) is 5.91 Å². The number of fused-ring (bicyclic) bond motifs is 1. The minimum Gasteiger partial charge on any atom is -0.494 e. The third kappa shape index (κ3) is 3.27. The summed E-state index contributed by atoms with van der Waals surface area (Å²) >= 11 is 0. The molecule has 0 spiro atoms. The first-order chi connectivity index (χ1) is 12.2. The highest BCUT2D eigenvalue weighted by Crippen LogP contribution is 2.29. The molecule has 136 valence electrons. The third-order valence-corrected chi connectivity index (χ3v) is 4.19. The highest BCUT2D eigenvalue weighted by molar-refractivity contribution is 5.94. The zero-order chi connectivity index (χ0) is 19.1. The fraction of sp³-hybridized carbons (Fsp3) is 0.350. The van der Waals surface area contributed by atoms with Gasteiger partial charge in [-0.05, 0) is 31.5 Å². The topological polar surface area (TPSA) is 69.0 Å². The van der Waals surface area contributed by atoms with Crippen LogP contribution in [-0.4, -0.2) is 27.8 Å². The van der Waals surface area contributed by atoms with Gasteiger partial charge in [0.05, 0.1) is 12.8 Å². The number of ether oxygens (including phenoxy) is 1. The van der Waals surface area contributed by atoms with Crippen molar-refractivity contribution in [2.24, 2.45) is 5.41 Å². The average Bonchev–Trinajstić information content (AvgIpc) is 2.93. The first-order valence-corrected chi connectivity index (χ1v) is 8.53. The van der Waals surface area contributed by atoms with E-state index in [1.807, 2.05) is 65.0 Å². The summed E-state index contributed by atoms with van der Waals surface area (Å²) in [6.07, 6.45) is 0. The first kappa shape index (κ1) is 17.9. The van der Waals surface area contributed by atoms with Crippen LogP contribution in [0.15, 0.2) is 30.3 Å². The van der Waals surface area contributed by atoms with Crippen LogP contribution in [0.3, 0.4) is 0 Å². The van der Waals surface area contributed by atoms with Gasteiger partial charge in [0.25, 0.3) is 0 Å². The van der Waals surface area contributed by atoms with E-state index in [2.05, 4.69) is 10.4 Å². The summed E-state index contributed by atoms with van der Waals surface area (Å²) in [6.45, 7) is 9.53. The van der Waals surface area contributed by atoms with Crippen molar-refractivity contribution in [3.05, 3.63) is 41.6 Å². The van der Waals surface area contributed by atoms with Crippen LogP contribution in [-0.2, 0) is 4.79 Å². The summed E-state index contributed by atoms with van der Waals surface area (Å²) in [5.74, 6) is 1.87. The lowest BCUT2D eigenvalue weighted by Crippen LogP contribution is -2.28. The van der Waals surface area contributed by atoms with Crippen molar-refractivity contribution in [3.8, 4) is 11.6 Å². The molecule has 3 aromatic rings. The number of methoxy groups -OCH3 is 1. The number of rotatable bonds is 3. The number of nitrogens with one attached hydrogen (secondary N) is 1. The highest BCUT2D eigenvalue weighted by atomic mass is 16.5. The molecule has 3 rings (SSSR count). The van der Waals surface area contributed by atoms with Crippen LogP contribution in [0, 0.1) is 19.3 Å². The summed E-state index contributed by atoms with van der Waals surface area (Å²) in [7, 11) is 1.63. The van der Waals surface area contributed by atoms with Crippen LogP contribution in [0.4, 0.5) is 5.82 Å². The predicted octanol–water partition coefficient (Wildman–Crippen LogP) is 4.03. The van der Waals surface area contributed by atoms with Gasteiger partial charge in [0.2, 0.25) is 5.91 Å². The monoisotopic (exact) mass is 352 g/mol. The normalized spacial score (nSPS) is 11.6. The third-order valence-electron chi connectivity index (χ3n) is 4.19. The van der Waals surface area contributed by atoms with Gasteiger partial charge in [-0.2, -0.15) is 9.78 Å². The number of aromatic nitrogens is 3. The molecule has 1 amide bonds. The number of hydrogen-bond acceptors (Lipinski definition) is 4. The lowest BCUT2D eigenvalue weighted by Gasteiger charge is -2.18. The standard InChI is InChI=1S/C20H24N4O2/c1-12-10-16(21-18-14(12)8-7-9-15(18)26-6)24-17(11-13(2)23-24)22-19(25)20(3,4)5/h7-11H,1-6H3,(H,22,25). The molecule has 0 radical (unpaired) electrons. The van der Waals surface area contributed by atoms with Gasteiger partial charge in [-0.15, -0.1) is 0 Å². The Balaban J connectivity index is 2.14. The highest BCUT2D eigenvalue weighted by Gasteiger charge is 2.23. The predicted molar refractivity (Wildman–Crippen MR) is 103 cm³/mol. The molecule has 0 unspecified atom stereocenters. The summed E-state index contributed by atoms with van der Waals surface area (Å²) in [4.78, 5) is 17.2. The van der Waals surface area contributed by atoms with Gasteiger partial charge in [-0.1, -0.05) is 32.9 Å². The average molecular weight is 352 g/mol. The maximum absolute atomic E-state index is 12.4. The Kier molecular flexibility index (Phi) is 4.44. The molecule has 0 fully saturated rings. The van der Waals surface area contributed by atoms with Crippen LogP contribution in [0.1, 0.15) is 32.0 Å². The molecule has 0 saturated carbocycles. The van der Waals surface area contributed by atoms with E-state index in [1.54, 1.807) is 11.8 Å². The Hall–Kier alpha value is -2.89. The summed E-state index contributed by atoms with van der Waals surface area (Å²) in [6, 6.07) is 9.65. The number of amides is 1.